The third-order valence-electron chi connectivity index (χ3n) is 5.46. The standard InChI is InChI=1S/C27H18N4O6S/c1-16-2-10-20(11-3-16)30-25(33)23(14-17-4-12-21(13-5-17)31(36)37)38-26(30)22(15-28)24(32)29-19-8-6-18(7-9-19)27(34)35/h2-14H,1H3,(H,29,32)(H,34,35)/b23-14-,26-22+. The molecule has 0 saturated carbocycles. The van der Waals surface area contributed by atoms with E-state index in [1.165, 1.54) is 59.2 Å². The normalized spacial score (nSPS) is 11.9. The van der Waals surface area contributed by atoms with Crippen LogP contribution in [-0.4, -0.2) is 26.5 Å². The van der Waals surface area contributed by atoms with Crippen molar-refractivity contribution in [2.45, 2.75) is 6.92 Å². The van der Waals surface area contributed by atoms with Crippen LogP contribution in [0.3, 0.4) is 0 Å². The number of nitriles is 1. The van der Waals surface area contributed by atoms with E-state index in [9.17, 15) is 29.8 Å². The van der Waals surface area contributed by atoms with Gasteiger partial charge < -0.3 is 10.4 Å². The lowest BCUT2D eigenvalue weighted by molar-refractivity contribution is -0.384. The maximum absolute atomic E-state index is 13.5. The predicted molar refractivity (Wildman–Crippen MR) is 142 cm³/mol. The van der Waals surface area contributed by atoms with Gasteiger partial charge in [0.25, 0.3) is 17.2 Å². The molecule has 0 saturated heterocycles. The number of hydrogen-bond donors (Lipinski definition) is 2. The summed E-state index contributed by atoms with van der Waals surface area (Å²) in [5.41, 5.74) is 1.33. The van der Waals surface area contributed by atoms with Crippen LogP contribution in [0.4, 0.5) is 11.4 Å². The number of aromatic nitrogens is 1. The molecule has 11 heteroatoms. The maximum atomic E-state index is 13.5. The Morgan fingerprint density at radius 1 is 1.05 bits per heavy atom. The Labute approximate surface area is 218 Å². The van der Waals surface area contributed by atoms with Crippen molar-refractivity contribution in [3.05, 3.63) is 119 Å². The first-order valence-electron chi connectivity index (χ1n) is 11.0. The van der Waals surface area contributed by atoms with Crippen molar-refractivity contribution >= 4 is 46.2 Å². The molecule has 0 spiro atoms. The van der Waals surface area contributed by atoms with Crippen LogP contribution in [0.15, 0.2) is 77.6 Å². The number of nitro groups is 1. The minimum atomic E-state index is -1.12. The summed E-state index contributed by atoms with van der Waals surface area (Å²) in [6.07, 6.45) is 1.53. The molecule has 188 valence electrons. The Hall–Kier alpha value is -5.34. The topological polar surface area (TPSA) is 155 Å². The van der Waals surface area contributed by atoms with Crippen molar-refractivity contribution < 1.29 is 19.6 Å². The van der Waals surface area contributed by atoms with E-state index < -0.39 is 22.4 Å². The lowest BCUT2D eigenvalue weighted by Crippen LogP contribution is -2.32. The largest absolute Gasteiger partial charge is 0.478 e. The number of nitrogens with zero attached hydrogens (tertiary/aromatic N) is 3. The van der Waals surface area contributed by atoms with Crippen LogP contribution >= 0.6 is 11.3 Å². The summed E-state index contributed by atoms with van der Waals surface area (Å²) >= 11 is 0.931. The second-order valence-electron chi connectivity index (χ2n) is 8.06. The van der Waals surface area contributed by atoms with E-state index in [0.29, 0.717) is 11.3 Å². The second kappa shape index (κ2) is 10.7. The molecule has 0 fully saturated rings. The van der Waals surface area contributed by atoms with Gasteiger partial charge in [0.15, 0.2) is 5.57 Å². The number of carboxylic acid groups (broad SMARTS) is 1. The van der Waals surface area contributed by atoms with Crippen LogP contribution in [0.5, 0.6) is 0 Å². The van der Waals surface area contributed by atoms with Crippen LogP contribution in [0.2, 0.25) is 0 Å². The minimum Gasteiger partial charge on any atom is -0.478 e. The summed E-state index contributed by atoms with van der Waals surface area (Å²) < 4.78 is 1.57. The number of carbonyl (C=O) groups excluding carboxylic acids is 1. The van der Waals surface area contributed by atoms with E-state index >= 15 is 0 Å². The lowest BCUT2D eigenvalue weighted by atomic mass is 10.2. The molecule has 0 aliphatic heterocycles. The Morgan fingerprint density at radius 3 is 2.24 bits per heavy atom. The van der Waals surface area contributed by atoms with Gasteiger partial charge >= 0.3 is 5.97 Å². The maximum Gasteiger partial charge on any atom is 0.335 e. The van der Waals surface area contributed by atoms with Gasteiger partial charge in [-0.2, -0.15) is 5.26 Å². The number of carboxylic acids is 1. The van der Waals surface area contributed by atoms with Gasteiger partial charge in [0.2, 0.25) is 0 Å². The summed E-state index contributed by atoms with van der Waals surface area (Å²) in [6, 6.07) is 19.9. The monoisotopic (exact) mass is 526 g/mol. The van der Waals surface area contributed by atoms with E-state index in [1.54, 1.807) is 24.3 Å². The molecular formula is C27H18N4O6S. The van der Waals surface area contributed by atoms with Crippen molar-refractivity contribution in [3.8, 4) is 11.8 Å². The van der Waals surface area contributed by atoms with Gasteiger partial charge in [-0.25, -0.2) is 4.79 Å². The highest BCUT2D eigenvalue weighted by Gasteiger charge is 2.18. The number of hydrogen-bond acceptors (Lipinski definition) is 7. The van der Waals surface area contributed by atoms with Crippen LogP contribution in [-0.2, 0) is 4.79 Å². The fourth-order valence-corrected chi connectivity index (χ4v) is 4.61. The number of nitrogens with one attached hydrogen (secondary N) is 1. The molecule has 1 aromatic heterocycles. The number of aromatic carboxylic acids is 1. The zero-order valence-electron chi connectivity index (χ0n) is 19.7. The van der Waals surface area contributed by atoms with Gasteiger partial charge in [0, 0.05) is 17.8 Å². The fourth-order valence-electron chi connectivity index (χ4n) is 3.51. The molecule has 1 amide bonds. The number of anilines is 1. The highest BCUT2D eigenvalue weighted by atomic mass is 32.1. The minimum absolute atomic E-state index is 0.0328. The number of carbonyl (C=O) groups is 2. The quantitative estimate of drug-likeness (QED) is 0.289. The van der Waals surface area contributed by atoms with Gasteiger partial charge in [0.1, 0.15) is 10.7 Å². The zero-order chi connectivity index (χ0) is 27.4. The van der Waals surface area contributed by atoms with Gasteiger partial charge in [-0.15, -0.1) is 11.3 Å². The average Bonchev–Trinajstić information content (AvgIpc) is 3.20. The first kappa shape index (κ1) is 25.7. The Morgan fingerprint density at radius 2 is 1.68 bits per heavy atom. The molecule has 1 heterocycles. The van der Waals surface area contributed by atoms with Crippen LogP contribution in [0.1, 0.15) is 21.5 Å². The van der Waals surface area contributed by atoms with Crippen molar-refractivity contribution in [3.63, 3.8) is 0 Å². The highest BCUT2D eigenvalue weighted by molar-refractivity contribution is 7.07. The number of rotatable bonds is 6. The van der Waals surface area contributed by atoms with Gasteiger partial charge in [-0.1, -0.05) is 17.7 Å². The third-order valence-corrected chi connectivity index (χ3v) is 6.55. The SMILES string of the molecule is Cc1ccc(-n2c(=O)/c(=C/c3ccc([N+](=O)[O-])cc3)s/c2=C(\C#N)C(=O)Nc2ccc(C(=O)O)cc2)cc1. The highest BCUT2D eigenvalue weighted by Crippen LogP contribution is 2.14. The van der Waals surface area contributed by atoms with E-state index in [2.05, 4.69) is 5.32 Å². The van der Waals surface area contributed by atoms with E-state index in [0.717, 1.165) is 16.9 Å². The molecule has 2 N–H and O–H groups in total. The molecular weight excluding hydrogens is 508 g/mol. The number of benzene rings is 3. The van der Waals surface area contributed by atoms with Gasteiger partial charge in [0.05, 0.1) is 20.7 Å². The fraction of sp³-hybridized carbons (Fsp3) is 0.0370. The summed E-state index contributed by atoms with van der Waals surface area (Å²) in [6.45, 7) is 1.88. The predicted octanol–water partition coefficient (Wildman–Crippen LogP) is 2.96. The zero-order valence-corrected chi connectivity index (χ0v) is 20.6. The molecule has 4 rings (SSSR count). The third kappa shape index (κ3) is 5.40. The first-order valence-corrected chi connectivity index (χ1v) is 11.8. The molecule has 0 radical (unpaired) electrons. The second-order valence-corrected chi connectivity index (χ2v) is 9.09. The molecule has 10 nitrogen and oxygen atoms in total. The van der Waals surface area contributed by atoms with E-state index in [-0.39, 0.29) is 31.7 Å². The van der Waals surface area contributed by atoms with Crippen LogP contribution < -0.4 is 20.1 Å². The number of thiazole rings is 1. The molecule has 0 aliphatic rings. The molecule has 0 atom stereocenters. The molecule has 0 bridgehead atoms. The smallest absolute Gasteiger partial charge is 0.335 e. The van der Waals surface area contributed by atoms with Crippen LogP contribution in [0, 0.1) is 28.4 Å². The van der Waals surface area contributed by atoms with Crippen molar-refractivity contribution in [1.29, 1.82) is 5.26 Å². The summed E-state index contributed by atoms with van der Waals surface area (Å²) in [7, 11) is 0. The first-order chi connectivity index (χ1) is 18.2. The van der Waals surface area contributed by atoms with Gasteiger partial charge in [-0.05, 0) is 67.1 Å². The Bertz CT molecular complexity index is 1780. The van der Waals surface area contributed by atoms with Crippen molar-refractivity contribution in [2.24, 2.45) is 0 Å². The molecule has 0 unspecified atom stereocenters. The number of nitro benzene ring substituents is 1. The summed E-state index contributed by atoms with van der Waals surface area (Å²) in [5.74, 6) is -1.90. The molecule has 0 aliphatic carbocycles. The number of amides is 1. The summed E-state index contributed by atoms with van der Waals surface area (Å²) in [5, 5.41) is 32.5. The molecule has 3 aromatic carbocycles. The lowest BCUT2D eigenvalue weighted by Gasteiger charge is -2.06. The average molecular weight is 527 g/mol. The van der Waals surface area contributed by atoms with E-state index in [1.807, 2.05) is 13.0 Å². The Balaban J connectivity index is 1.88. The number of non-ortho nitro benzene ring substituents is 1. The van der Waals surface area contributed by atoms with Crippen LogP contribution in [0.25, 0.3) is 17.3 Å². The van der Waals surface area contributed by atoms with E-state index in [4.69, 9.17) is 5.11 Å². The summed E-state index contributed by atoms with van der Waals surface area (Å²) in [4.78, 5) is 48.1. The number of aryl methyl sites for hydroxylation is 1. The van der Waals surface area contributed by atoms with Crippen molar-refractivity contribution in [1.82, 2.24) is 4.57 Å². The Kier molecular flexibility index (Phi) is 7.27. The molecule has 38 heavy (non-hydrogen) atoms. The van der Waals surface area contributed by atoms with Gasteiger partial charge in [-0.3, -0.25) is 24.3 Å². The van der Waals surface area contributed by atoms with Crippen molar-refractivity contribution in [2.75, 3.05) is 5.32 Å². The molecule has 4 aromatic rings.